The summed E-state index contributed by atoms with van der Waals surface area (Å²) >= 11 is 11.8. The molecule has 0 spiro atoms. The topological polar surface area (TPSA) is 76.1 Å². The van der Waals surface area contributed by atoms with E-state index in [0.717, 1.165) is 0 Å². The first-order chi connectivity index (χ1) is 10.9. The van der Waals surface area contributed by atoms with Gasteiger partial charge in [-0.1, -0.05) is 23.2 Å². The van der Waals surface area contributed by atoms with E-state index < -0.39 is 18.2 Å². The van der Waals surface area contributed by atoms with Gasteiger partial charge in [0.25, 0.3) is 5.91 Å². The number of rotatable bonds is 5. The number of carboxylic acid groups (broad SMARTS) is 1. The number of hydrogen-bond donors (Lipinski definition) is 1. The summed E-state index contributed by atoms with van der Waals surface area (Å²) in [6, 6.07) is 4.76. The van der Waals surface area contributed by atoms with Gasteiger partial charge in [0, 0.05) is 18.1 Å². The molecule has 0 radical (unpaired) electrons. The summed E-state index contributed by atoms with van der Waals surface area (Å²) < 4.78 is 10.9. The van der Waals surface area contributed by atoms with Gasteiger partial charge in [-0.3, -0.25) is 9.59 Å². The number of aliphatic carboxylic acids is 1. The molecular formula is C15H17Cl2NO5. The monoisotopic (exact) mass is 361 g/mol. The van der Waals surface area contributed by atoms with Crippen molar-refractivity contribution in [3.63, 3.8) is 0 Å². The summed E-state index contributed by atoms with van der Waals surface area (Å²) in [4.78, 5) is 24.7. The Morgan fingerprint density at radius 3 is 2.87 bits per heavy atom. The maximum atomic E-state index is 12.4. The Morgan fingerprint density at radius 2 is 2.22 bits per heavy atom. The van der Waals surface area contributed by atoms with Crippen LogP contribution in [0.15, 0.2) is 18.2 Å². The minimum absolute atomic E-state index is 0.137. The van der Waals surface area contributed by atoms with E-state index in [-0.39, 0.29) is 18.9 Å². The lowest BCUT2D eigenvalue weighted by Gasteiger charge is -2.33. The van der Waals surface area contributed by atoms with Gasteiger partial charge in [0.15, 0.2) is 6.10 Å². The second-order valence-electron chi connectivity index (χ2n) is 5.21. The number of morpholine rings is 1. The maximum absolute atomic E-state index is 12.4. The van der Waals surface area contributed by atoms with Crippen molar-refractivity contribution in [2.45, 2.75) is 25.6 Å². The highest BCUT2D eigenvalue weighted by atomic mass is 35.5. The van der Waals surface area contributed by atoms with Gasteiger partial charge in [-0.05, 0) is 25.1 Å². The van der Waals surface area contributed by atoms with E-state index >= 15 is 0 Å². The average Bonchev–Trinajstić information content (AvgIpc) is 2.49. The molecule has 23 heavy (non-hydrogen) atoms. The van der Waals surface area contributed by atoms with Crippen molar-refractivity contribution in [2.75, 3.05) is 19.7 Å². The summed E-state index contributed by atoms with van der Waals surface area (Å²) in [5.41, 5.74) is 0. The van der Waals surface area contributed by atoms with E-state index in [1.807, 2.05) is 0 Å². The van der Waals surface area contributed by atoms with Crippen LogP contribution in [-0.2, 0) is 14.3 Å². The molecule has 1 aromatic rings. The van der Waals surface area contributed by atoms with Crippen LogP contribution in [0.2, 0.25) is 10.0 Å². The van der Waals surface area contributed by atoms with Crippen molar-refractivity contribution in [2.24, 2.45) is 0 Å². The highest BCUT2D eigenvalue weighted by Gasteiger charge is 2.29. The largest absolute Gasteiger partial charge is 0.481 e. The molecule has 2 atom stereocenters. The lowest BCUT2D eigenvalue weighted by Crippen LogP contribution is -2.50. The first kappa shape index (κ1) is 17.8. The molecule has 1 aromatic carbocycles. The van der Waals surface area contributed by atoms with Crippen LogP contribution < -0.4 is 4.74 Å². The number of hydrogen-bond acceptors (Lipinski definition) is 4. The van der Waals surface area contributed by atoms with Gasteiger partial charge in [-0.2, -0.15) is 0 Å². The number of amides is 1. The van der Waals surface area contributed by atoms with Crippen LogP contribution in [0.3, 0.4) is 0 Å². The summed E-state index contributed by atoms with van der Waals surface area (Å²) in [6.45, 7) is 2.55. The number of ether oxygens (including phenoxy) is 2. The highest BCUT2D eigenvalue weighted by Crippen LogP contribution is 2.28. The Morgan fingerprint density at radius 1 is 1.48 bits per heavy atom. The van der Waals surface area contributed by atoms with E-state index in [1.54, 1.807) is 24.0 Å². The molecule has 6 nitrogen and oxygen atoms in total. The fraction of sp³-hybridized carbons (Fsp3) is 0.467. The number of carboxylic acids is 1. The van der Waals surface area contributed by atoms with Gasteiger partial charge in [-0.25, -0.2) is 0 Å². The fourth-order valence-electron chi connectivity index (χ4n) is 2.31. The predicted octanol–water partition coefficient (Wildman–Crippen LogP) is 2.46. The first-order valence-electron chi connectivity index (χ1n) is 7.10. The Bertz CT molecular complexity index is 595. The molecule has 1 amide bonds. The molecule has 126 valence electrons. The molecule has 1 aliphatic rings. The zero-order chi connectivity index (χ0) is 17.0. The third kappa shape index (κ3) is 4.99. The molecule has 8 heteroatoms. The number of carbonyl (C=O) groups is 2. The fourth-order valence-corrected chi connectivity index (χ4v) is 2.76. The van der Waals surface area contributed by atoms with Crippen LogP contribution in [0.1, 0.15) is 13.3 Å². The van der Waals surface area contributed by atoms with Gasteiger partial charge in [0.1, 0.15) is 5.75 Å². The standard InChI is InChI=1S/C15H17Cl2NO5/c1-9(23-13-3-2-10(16)6-12(13)17)15(21)18-4-5-22-11(8-18)7-14(19)20/h2-3,6,9,11H,4-5,7-8H2,1H3,(H,19,20). The molecule has 0 bridgehead atoms. The molecule has 1 saturated heterocycles. The third-order valence-corrected chi connectivity index (χ3v) is 3.93. The summed E-state index contributed by atoms with van der Waals surface area (Å²) in [6.07, 6.45) is -1.39. The molecule has 2 unspecified atom stereocenters. The van der Waals surface area contributed by atoms with E-state index in [4.69, 9.17) is 37.8 Å². The molecule has 0 aliphatic carbocycles. The molecule has 0 saturated carbocycles. The van der Waals surface area contributed by atoms with Gasteiger partial charge >= 0.3 is 5.97 Å². The zero-order valence-corrected chi connectivity index (χ0v) is 14.0. The summed E-state index contributed by atoms with van der Waals surface area (Å²) in [5, 5.41) is 9.61. The van der Waals surface area contributed by atoms with Gasteiger partial charge in [0.2, 0.25) is 0 Å². The van der Waals surface area contributed by atoms with Crippen molar-refractivity contribution in [1.82, 2.24) is 4.90 Å². The highest BCUT2D eigenvalue weighted by molar-refractivity contribution is 6.35. The van der Waals surface area contributed by atoms with Gasteiger partial charge < -0.3 is 19.5 Å². The lowest BCUT2D eigenvalue weighted by molar-refractivity contribution is -0.151. The minimum Gasteiger partial charge on any atom is -0.481 e. The Balaban J connectivity index is 1.97. The maximum Gasteiger partial charge on any atom is 0.306 e. The average molecular weight is 362 g/mol. The van der Waals surface area contributed by atoms with Gasteiger partial charge in [-0.15, -0.1) is 0 Å². The van der Waals surface area contributed by atoms with Crippen molar-refractivity contribution in [1.29, 1.82) is 0 Å². The van der Waals surface area contributed by atoms with E-state index in [0.29, 0.717) is 28.9 Å². The van der Waals surface area contributed by atoms with Crippen LogP contribution in [0.25, 0.3) is 0 Å². The molecule has 1 aliphatic heterocycles. The van der Waals surface area contributed by atoms with E-state index in [9.17, 15) is 9.59 Å². The number of benzene rings is 1. The van der Waals surface area contributed by atoms with Crippen LogP contribution in [0.4, 0.5) is 0 Å². The zero-order valence-electron chi connectivity index (χ0n) is 12.5. The summed E-state index contributed by atoms with van der Waals surface area (Å²) in [7, 11) is 0. The Hall–Kier alpha value is -1.50. The number of carbonyl (C=O) groups excluding carboxylic acids is 1. The first-order valence-corrected chi connectivity index (χ1v) is 7.86. The lowest BCUT2D eigenvalue weighted by atomic mass is 10.2. The van der Waals surface area contributed by atoms with Crippen molar-refractivity contribution >= 4 is 35.1 Å². The normalized spacial score (nSPS) is 19.3. The van der Waals surface area contributed by atoms with E-state index in [2.05, 4.69) is 0 Å². The van der Waals surface area contributed by atoms with Crippen molar-refractivity contribution in [3.05, 3.63) is 28.2 Å². The Kier molecular flexibility index (Phi) is 6.10. The quantitative estimate of drug-likeness (QED) is 0.871. The van der Waals surface area contributed by atoms with Crippen LogP contribution in [-0.4, -0.2) is 53.8 Å². The third-order valence-electron chi connectivity index (χ3n) is 3.40. The molecule has 1 heterocycles. The van der Waals surface area contributed by atoms with Gasteiger partial charge in [0.05, 0.1) is 24.2 Å². The van der Waals surface area contributed by atoms with Crippen LogP contribution in [0.5, 0.6) is 5.75 Å². The summed E-state index contributed by atoms with van der Waals surface area (Å²) in [5.74, 6) is -0.830. The second kappa shape index (κ2) is 7.86. The number of halogens is 2. The predicted molar refractivity (Wildman–Crippen MR) is 85.1 cm³/mol. The molecule has 2 rings (SSSR count). The van der Waals surface area contributed by atoms with Crippen molar-refractivity contribution < 1.29 is 24.2 Å². The van der Waals surface area contributed by atoms with Crippen molar-refractivity contribution in [3.8, 4) is 5.75 Å². The van der Waals surface area contributed by atoms with E-state index in [1.165, 1.54) is 6.07 Å². The number of nitrogens with zero attached hydrogens (tertiary/aromatic N) is 1. The minimum atomic E-state index is -0.957. The molecule has 1 N–H and O–H groups in total. The van der Waals surface area contributed by atoms with Crippen LogP contribution >= 0.6 is 23.2 Å². The second-order valence-corrected chi connectivity index (χ2v) is 6.05. The smallest absolute Gasteiger partial charge is 0.306 e. The van der Waals surface area contributed by atoms with Crippen LogP contribution in [0, 0.1) is 0 Å². The Labute approximate surface area is 143 Å². The molecule has 0 aromatic heterocycles. The molecule has 1 fully saturated rings. The molecular weight excluding hydrogens is 345 g/mol. The SMILES string of the molecule is CC(Oc1ccc(Cl)cc1Cl)C(=O)N1CCOC(CC(=O)O)C1.